The largest absolute Gasteiger partial charge is 0.481 e. The van der Waals surface area contributed by atoms with Gasteiger partial charge >= 0.3 is 11.9 Å². The summed E-state index contributed by atoms with van der Waals surface area (Å²) in [7, 11) is 0. The third-order valence-corrected chi connectivity index (χ3v) is 4.09. The van der Waals surface area contributed by atoms with Crippen LogP contribution in [0, 0.1) is 0 Å². The highest BCUT2D eigenvalue weighted by atomic mass is 16.4. The molecule has 0 bridgehead atoms. The molecular formula is C18H15NO5. The van der Waals surface area contributed by atoms with Gasteiger partial charge in [-0.05, 0) is 22.3 Å². The molecule has 0 spiro atoms. The van der Waals surface area contributed by atoms with Gasteiger partial charge in [-0.2, -0.15) is 0 Å². The first-order valence-electron chi connectivity index (χ1n) is 7.42. The van der Waals surface area contributed by atoms with E-state index in [1.54, 1.807) is 0 Å². The molecule has 0 saturated carbocycles. The number of hydrogen-bond donors (Lipinski definition) is 3. The fourth-order valence-corrected chi connectivity index (χ4v) is 3.07. The zero-order valence-corrected chi connectivity index (χ0v) is 12.6. The molecular weight excluding hydrogens is 310 g/mol. The summed E-state index contributed by atoms with van der Waals surface area (Å²) in [6, 6.07) is 13.4. The van der Waals surface area contributed by atoms with E-state index in [-0.39, 0.29) is 0 Å². The number of amides is 1. The first-order valence-corrected chi connectivity index (χ1v) is 7.42. The van der Waals surface area contributed by atoms with Crippen LogP contribution < -0.4 is 5.32 Å². The minimum Gasteiger partial charge on any atom is -0.481 e. The molecule has 6 nitrogen and oxygen atoms in total. The van der Waals surface area contributed by atoms with Crippen LogP contribution >= 0.6 is 0 Å². The fourth-order valence-electron chi connectivity index (χ4n) is 3.07. The van der Waals surface area contributed by atoms with Crippen LogP contribution in [0.4, 0.5) is 0 Å². The lowest BCUT2D eigenvalue weighted by Crippen LogP contribution is -2.44. The number of nitrogens with one attached hydrogen (secondary N) is 1. The second kappa shape index (κ2) is 6.16. The van der Waals surface area contributed by atoms with Crippen LogP contribution in [0.15, 0.2) is 48.5 Å². The number of carboxylic acids is 2. The van der Waals surface area contributed by atoms with Gasteiger partial charge < -0.3 is 15.5 Å². The van der Waals surface area contributed by atoms with Gasteiger partial charge in [0, 0.05) is 0 Å². The van der Waals surface area contributed by atoms with E-state index in [9.17, 15) is 14.4 Å². The summed E-state index contributed by atoms with van der Waals surface area (Å²) < 4.78 is 0. The molecule has 0 heterocycles. The number of hydrogen-bond acceptors (Lipinski definition) is 3. The molecule has 2 aromatic carbocycles. The quantitative estimate of drug-likeness (QED) is 0.778. The third-order valence-electron chi connectivity index (χ3n) is 4.09. The summed E-state index contributed by atoms with van der Waals surface area (Å²) in [5.74, 6) is -3.81. The molecule has 2 aromatic rings. The van der Waals surface area contributed by atoms with Crippen molar-refractivity contribution in [2.24, 2.45) is 0 Å². The first kappa shape index (κ1) is 15.7. The molecule has 0 radical (unpaired) electrons. The molecule has 0 unspecified atom stereocenters. The second-order valence-corrected chi connectivity index (χ2v) is 5.60. The standard InChI is InChI=1S/C18H15NO5/c20-15(21)9-14(18(23)24)19-17(22)16-12-7-3-1-5-10(12)11-6-2-4-8-13(11)16/h1-8,14,16H,9H2,(H,19,22)(H,20,21)(H,23,24)/t14-/m1/s1. The van der Waals surface area contributed by atoms with Gasteiger partial charge in [-0.1, -0.05) is 48.5 Å². The van der Waals surface area contributed by atoms with Gasteiger partial charge in [0.25, 0.3) is 0 Å². The Bertz CT molecular complexity index is 784. The maximum atomic E-state index is 12.7. The normalized spacial score (nSPS) is 13.7. The van der Waals surface area contributed by atoms with E-state index >= 15 is 0 Å². The van der Waals surface area contributed by atoms with E-state index in [0.29, 0.717) is 0 Å². The van der Waals surface area contributed by atoms with Crippen LogP contribution in [0.25, 0.3) is 11.1 Å². The third kappa shape index (κ3) is 2.74. The minimum absolute atomic E-state index is 0.513. The summed E-state index contributed by atoms with van der Waals surface area (Å²) in [6.45, 7) is 0. The summed E-state index contributed by atoms with van der Waals surface area (Å²) >= 11 is 0. The molecule has 122 valence electrons. The summed E-state index contributed by atoms with van der Waals surface area (Å²) in [4.78, 5) is 34.7. The van der Waals surface area contributed by atoms with Gasteiger partial charge in [0.1, 0.15) is 6.04 Å². The number of carbonyl (C=O) groups is 3. The fraction of sp³-hybridized carbons (Fsp3) is 0.167. The van der Waals surface area contributed by atoms with Crippen molar-refractivity contribution < 1.29 is 24.6 Å². The molecule has 0 aliphatic heterocycles. The van der Waals surface area contributed by atoms with Gasteiger partial charge in [0.05, 0.1) is 12.3 Å². The maximum Gasteiger partial charge on any atom is 0.326 e. The first-order chi connectivity index (χ1) is 11.5. The number of fused-ring (bicyclic) bond motifs is 3. The van der Waals surface area contributed by atoms with Crippen LogP contribution in [0.1, 0.15) is 23.5 Å². The Morgan fingerprint density at radius 1 is 0.917 bits per heavy atom. The second-order valence-electron chi connectivity index (χ2n) is 5.60. The van der Waals surface area contributed by atoms with Gasteiger partial charge in [-0.3, -0.25) is 9.59 Å². The molecule has 1 amide bonds. The molecule has 6 heteroatoms. The van der Waals surface area contributed by atoms with Crippen LogP contribution in [-0.2, 0) is 14.4 Å². The number of rotatable bonds is 5. The smallest absolute Gasteiger partial charge is 0.326 e. The highest BCUT2D eigenvalue weighted by Crippen LogP contribution is 2.44. The van der Waals surface area contributed by atoms with E-state index in [1.165, 1.54) is 0 Å². The van der Waals surface area contributed by atoms with Crippen molar-refractivity contribution >= 4 is 17.8 Å². The molecule has 24 heavy (non-hydrogen) atoms. The lowest BCUT2D eigenvalue weighted by atomic mass is 9.95. The Hall–Kier alpha value is -3.15. The van der Waals surface area contributed by atoms with Gasteiger partial charge in [0.2, 0.25) is 5.91 Å². The van der Waals surface area contributed by atoms with Crippen LogP contribution in [0.5, 0.6) is 0 Å². The monoisotopic (exact) mass is 325 g/mol. The Morgan fingerprint density at radius 2 is 1.42 bits per heavy atom. The molecule has 1 atom stereocenters. The average Bonchev–Trinajstić information content (AvgIpc) is 2.88. The Kier molecular flexibility index (Phi) is 4.04. The molecule has 0 aromatic heterocycles. The van der Waals surface area contributed by atoms with Crippen molar-refractivity contribution in [3.05, 3.63) is 59.7 Å². The van der Waals surface area contributed by atoms with E-state index in [2.05, 4.69) is 5.32 Å². The molecule has 0 saturated heterocycles. The maximum absolute atomic E-state index is 12.7. The van der Waals surface area contributed by atoms with E-state index < -0.39 is 36.2 Å². The van der Waals surface area contributed by atoms with Gasteiger partial charge in [-0.25, -0.2) is 4.79 Å². The molecule has 3 N–H and O–H groups in total. The van der Waals surface area contributed by atoms with Crippen molar-refractivity contribution in [2.45, 2.75) is 18.4 Å². The van der Waals surface area contributed by atoms with Crippen molar-refractivity contribution in [3.8, 4) is 11.1 Å². The zero-order valence-electron chi connectivity index (χ0n) is 12.6. The van der Waals surface area contributed by atoms with Crippen molar-refractivity contribution in [2.75, 3.05) is 0 Å². The Balaban J connectivity index is 1.95. The van der Waals surface area contributed by atoms with Gasteiger partial charge in [-0.15, -0.1) is 0 Å². The number of carbonyl (C=O) groups excluding carboxylic acids is 1. The average molecular weight is 325 g/mol. The van der Waals surface area contributed by atoms with E-state index in [1.807, 2.05) is 48.5 Å². The van der Waals surface area contributed by atoms with Crippen molar-refractivity contribution in [1.29, 1.82) is 0 Å². The van der Waals surface area contributed by atoms with Crippen LogP contribution in [0.3, 0.4) is 0 Å². The topological polar surface area (TPSA) is 104 Å². The summed E-state index contributed by atoms with van der Waals surface area (Å²) in [5.41, 5.74) is 3.43. The van der Waals surface area contributed by atoms with E-state index in [0.717, 1.165) is 22.3 Å². The van der Waals surface area contributed by atoms with Crippen LogP contribution in [0.2, 0.25) is 0 Å². The predicted octanol–water partition coefficient (Wildman–Crippen LogP) is 1.84. The lowest BCUT2D eigenvalue weighted by molar-refractivity contribution is -0.147. The molecule has 0 fully saturated rings. The summed E-state index contributed by atoms with van der Waals surface area (Å²) in [6.07, 6.45) is -0.670. The number of benzene rings is 2. The van der Waals surface area contributed by atoms with Crippen molar-refractivity contribution in [1.82, 2.24) is 5.32 Å². The highest BCUT2D eigenvalue weighted by Gasteiger charge is 2.35. The molecule has 1 aliphatic carbocycles. The highest BCUT2D eigenvalue weighted by molar-refractivity contribution is 5.98. The van der Waals surface area contributed by atoms with E-state index in [4.69, 9.17) is 10.2 Å². The van der Waals surface area contributed by atoms with Crippen LogP contribution in [-0.4, -0.2) is 34.1 Å². The van der Waals surface area contributed by atoms with Gasteiger partial charge in [0.15, 0.2) is 0 Å². The summed E-state index contributed by atoms with van der Waals surface area (Å²) in [5, 5.41) is 20.3. The Labute approximate surface area is 137 Å². The molecule has 1 aliphatic rings. The Morgan fingerprint density at radius 3 is 1.88 bits per heavy atom. The molecule has 3 rings (SSSR count). The predicted molar refractivity (Wildman–Crippen MR) is 85.5 cm³/mol. The number of aliphatic carboxylic acids is 2. The zero-order chi connectivity index (χ0) is 17.3. The SMILES string of the molecule is O=C(O)C[C@@H](NC(=O)C1c2ccccc2-c2ccccc21)C(=O)O. The minimum atomic E-state index is -1.46. The number of carboxylic acid groups (broad SMARTS) is 2. The van der Waals surface area contributed by atoms with Crippen molar-refractivity contribution in [3.63, 3.8) is 0 Å². The lowest BCUT2D eigenvalue weighted by Gasteiger charge is -2.17.